The number of anilines is 1. The molecule has 1 N–H and O–H groups in total. The van der Waals surface area contributed by atoms with Crippen LogP contribution in [-0.4, -0.2) is 53.9 Å². The Morgan fingerprint density at radius 1 is 1.10 bits per heavy atom. The third kappa shape index (κ3) is 5.17. The Kier molecular flexibility index (Phi) is 7.53. The molecule has 1 fully saturated rings. The summed E-state index contributed by atoms with van der Waals surface area (Å²) in [5.74, 6) is 0.249. The molecule has 7 heteroatoms. The Morgan fingerprint density at radius 2 is 1.74 bits per heavy atom. The van der Waals surface area contributed by atoms with Crippen molar-refractivity contribution in [2.45, 2.75) is 72.3 Å². The van der Waals surface area contributed by atoms with Crippen LogP contribution in [0.5, 0.6) is 0 Å². The Balaban J connectivity index is 1.79. The summed E-state index contributed by atoms with van der Waals surface area (Å²) < 4.78 is 0. The molecule has 0 radical (unpaired) electrons. The maximum Gasteiger partial charge on any atom is 0.312 e. The molecule has 1 saturated heterocycles. The van der Waals surface area contributed by atoms with E-state index in [1.807, 2.05) is 13.8 Å². The summed E-state index contributed by atoms with van der Waals surface area (Å²) in [7, 11) is 0. The number of hydrogen-bond acceptors (Lipinski definition) is 5. The van der Waals surface area contributed by atoms with Crippen molar-refractivity contribution in [3.63, 3.8) is 0 Å². The topological polar surface area (TPSA) is 89.3 Å². The number of nitrogens with zero attached hydrogens (tertiary/aromatic N) is 4. The van der Waals surface area contributed by atoms with E-state index in [0.29, 0.717) is 37.7 Å². The molecule has 1 aliphatic carbocycles. The lowest BCUT2D eigenvalue weighted by Gasteiger charge is -2.36. The highest BCUT2D eigenvalue weighted by atomic mass is 16.2. The second-order valence-corrected chi connectivity index (χ2v) is 9.19. The van der Waals surface area contributed by atoms with Gasteiger partial charge in [0.2, 0.25) is 0 Å². The van der Waals surface area contributed by atoms with Gasteiger partial charge in [-0.05, 0) is 62.5 Å². The zero-order valence-electron chi connectivity index (χ0n) is 19.3. The summed E-state index contributed by atoms with van der Waals surface area (Å²) in [5.41, 5.74) is 4.30. The maximum atomic E-state index is 12.5. The SMILES string of the molecule is CCC(C)NC(=O)C(=O)N1CCN(c2nc(CC(C)C)c3c(c2C#N)CCCC3)CC1. The lowest BCUT2D eigenvalue weighted by Crippen LogP contribution is -2.53. The van der Waals surface area contributed by atoms with Crippen LogP contribution in [0, 0.1) is 17.2 Å². The number of nitrogens with one attached hydrogen (secondary N) is 1. The van der Waals surface area contributed by atoms with Gasteiger partial charge in [-0.3, -0.25) is 9.59 Å². The number of carbonyl (C=O) groups excluding carboxylic acids is 2. The molecule has 0 spiro atoms. The predicted molar refractivity (Wildman–Crippen MR) is 121 cm³/mol. The summed E-state index contributed by atoms with van der Waals surface area (Å²) >= 11 is 0. The van der Waals surface area contributed by atoms with E-state index in [1.165, 1.54) is 11.1 Å². The molecule has 1 aromatic rings. The van der Waals surface area contributed by atoms with Crippen molar-refractivity contribution in [2.24, 2.45) is 5.92 Å². The fourth-order valence-corrected chi connectivity index (χ4v) is 4.44. The summed E-state index contributed by atoms with van der Waals surface area (Å²) in [5, 5.41) is 12.7. The van der Waals surface area contributed by atoms with Crippen LogP contribution < -0.4 is 10.2 Å². The Labute approximate surface area is 185 Å². The van der Waals surface area contributed by atoms with Gasteiger partial charge in [0.15, 0.2) is 0 Å². The van der Waals surface area contributed by atoms with Gasteiger partial charge in [0.25, 0.3) is 0 Å². The molecule has 31 heavy (non-hydrogen) atoms. The normalized spacial score (nSPS) is 17.2. The molecular formula is C24H35N5O2. The third-order valence-corrected chi connectivity index (χ3v) is 6.35. The van der Waals surface area contributed by atoms with Gasteiger partial charge in [-0.2, -0.15) is 5.26 Å². The zero-order valence-corrected chi connectivity index (χ0v) is 19.3. The first kappa shape index (κ1) is 23.1. The highest BCUT2D eigenvalue weighted by molar-refractivity contribution is 6.35. The van der Waals surface area contributed by atoms with Gasteiger partial charge < -0.3 is 15.1 Å². The van der Waals surface area contributed by atoms with Crippen LogP contribution in [-0.2, 0) is 28.9 Å². The summed E-state index contributed by atoms with van der Waals surface area (Å²) in [6.45, 7) is 10.3. The first-order chi connectivity index (χ1) is 14.8. The van der Waals surface area contributed by atoms with E-state index in [2.05, 4.69) is 30.1 Å². The average Bonchev–Trinajstić information content (AvgIpc) is 2.78. The largest absolute Gasteiger partial charge is 0.352 e. The minimum Gasteiger partial charge on any atom is -0.352 e. The molecule has 1 unspecified atom stereocenters. The highest BCUT2D eigenvalue weighted by Crippen LogP contribution is 2.33. The smallest absolute Gasteiger partial charge is 0.312 e. The van der Waals surface area contributed by atoms with Crippen LogP contribution >= 0.6 is 0 Å². The second kappa shape index (κ2) is 10.1. The van der Waals surface area contributed by atoms with Gasteiger partial charge >= 0.3 is 11.8 Å². The number of nitriles is 1. The molecular weight excluding hydrogens is 390 g/mol. The van der Waals surface area contributed by atoms with E-state index >= 15 is 0 Å². The van der Waals surface area contributed by atoms with Crippen LogP contribution in [0.15, 0.2) is 0 Å². The Bertz CT molecular complexity index is 866. The van der Waals surface area contributed by atoms with Gasteiger partial charge in [-0.15, -0.1) is 0 Å². The molecule has 0 bridgehead atoms. The maximum absolute atomic E-state index is 12.5. The monoisotopic (exact) mass is 425 g/mol. The van der Waals surface area contributed by atoms with E-state index in [-0.39, 0.29) is 6.04 Å². The van der Waals surface area contributed by atoms with E-state index in [1.54, 1.807) is 4.90 Å². The first-order valence-corrected chi connectivity index (χ1v) is 11.6. The zero-order chi connectivity index (χ0) is 22.5. The summed E-state index contributed by atoms with van der Waals surface area (Å²) in [4.78, 5) is 33.4. The highest BCUT2D eigenvalue weighted by Gasteiger charge is 2.30. The average molecular weight is 426 g/mol. The number of amides is 2. The van der Waals surface area contributed by atoms with Crippen LogP contribution in [0.4, 0.5) is 5.82 Å². The van der Waals surface area contributed by atoms with Crippen molar-refractivity contribution < 1.29 is 9.59 Å². The third-order valence-electron chi connectivity index (χ3n) is 6.35. The van der Waals surface area contributed by atoms with Crippen LogP contribution in [0.25, 0.3) is 0 Å². The first-order valence-electron chi connectivity index (χ1n) is 11.6. The number of aromatic nitrogens is 1. The summed E-state index contributed by atoms with van der Waals surface area (Å²) in [6, 6.07) is 2.41. The quantitative estimate of drug-likeness (QED) is 0.733. The Morgan fingerprint density at radius 3 is 2.32 bits per heavy atom. The van der Waals surface area contributed by atoms with Crippen LogP contribution in [0.1, 0.15) is 69.3 Å². The van der Waals surface area contributed by atoms with Crippen molar-refractivity contribution in [2.75, 3.05) is 31.1 Å². The number of hydrogen-bond donors (Lipinski definition) is 1. The molecule has 2 aliphatic rings. The molecule has 1 aliphatic heterocycles. The fraction of sp³-hybridized carbons (Fsp3) is 0.667. The van der Waals surface area contributed by atoms with Crippen LogP contribution in [0.3, 0.4) is 0 Å². The van der Waals surface area contributed by atoms with Gasteiger partial charge in [0.1, 0.15) is 11.9 Å². The van der Waals surface area contributed by atoms with Crippen molar-refractivity contribution in [1.82, 2.24) is 15.2 Å². The summed E-state index contributed by atoms with van der Waals surface area (Å²) in [6.07, 6.45) is 5.91. The minimum absolute atomic E-state index is 0.0185. The molecule has 168 valence electrons. The van der Waals surface area contributed by atoms with Gasteiger partial charge in [-0.1, -0.05) is 20.8 Å². The minimum atomic E-state index is -0.536. The van der Waals surface area contributed by atoms with Gasteiger partial charge in [0.05, 0.1) is 5.56 Å². The molecule has 1 aromatic heterocycles. The number of fused-ring (bicyclic) bond motifs is 1. The fourth-order valence-electron chi connectivity index (χ4n) is 4.44. The van der Waals surface area contributed by atoms with E-state index in [0.717, 1.165) is 50.0 Å². The Hall–Kier alpha value is -2.62. The lowest BCUT2D eigenvalue weighted by molar-refractivity contribution is -0.146. The molecule has 2 amide bonds. The van der Waals surface area contributed by atoms with Crippen LogP contribution in [0.2, 0.25) is 0 Å². The molecule has 2 heterocycles. The van der Waals surface area contributed by atoms with Crippen molar-refractivity contribution in [3.05, 3.63) is 22.4 Å². The van der Waals surface area contributed by atoms with Gasteiger partial charge in [0, 0.05) is 37.9 Å². The second-order valence-electron chi connectivity index (χ2n) is 9.19. The number of carbonyl (C=O) groups is 2. The predicted octanol–water partition coefficient (Wildman–Crippen LogP) is 2.59. The van der Waals surface area contributed by atoms with E-state index < -0.39 is 11.8 Å². The van der Waals surface area contributed by atoms with Crippen molar-refractivity contribution in [1.29, 1.82) is 5.26 Å². The van der Waals surface area contributed by atoms with Crippen molar-refractivity contribution in [3.8, 4) is 6.07 Å². The molecule has 1 atom stereocenters. The number of pyridine rings is 1. The standard InChI is InChI=1S/C24H35N5O2/c1-5-17(4)26-23(30)24(31)29-12-10-28(11-13-29)22-20(15-25)18-8-6-7-9-19(18)21(27-22)14-16(2)3/h16-17H,5-14H2,1-4H3,(H,26,30). The number of rotatable bonds is 5. The van der Waals surface area contributed by atoms with E-state index in [4.69, 9.17) is 4.98 Å². The molecule has 0 aromatic carbocycles. The number of piperazine rings is 1. The van der Waals surface area contributed by atoms with E-state index in [9.17, 15) is 14.9 Å². The van der Waals surface area contributed by atoms with Crippen molar-refractivity contribution >= 4 is 17.6 Å². The molecule has 3 rings (SSSR count). The lowest BCUT2D eigenvalue weighted by atomic mass is 9.85. The van der Waals surface area contributed by atoms with Gasteiger partial charge in [-0.25, -0.2) is 4.98 Å². The molecule has 0 saturated carbocycles. The molecule has 7 nitrogen and oxygen atoms in total.